The van der Waals surface area contributed by atoms with Crippen molar-refractivity contribution < 1.29 is 0 Å². The Labute approximate surface area is 117 Å². The highest BCUT2D eigenvalue weighted by Crippen LogP contribution is 2.24. The molecule has 0 fully saturated rings. The lowest BCUT2D eigenvalue weighted by Gasteiger charge is -2.20. The summed E-state index contributed by atoms with van der Waals surface area (Å²) in [5.41, 5.74) is 9.06. The molecule has 0 saturated heterocycles. The van der Waals surface area contributed by atoms with Crippen molar-refractivity contribution in [2.45, 2.75) is 13.8 Å². The Bertz CT molecular complexity index is 626. The van der Waals surface area contributed by atoms with Crippen LogP contribution in [-0.4, -0.2) is 27.2 Å². The summed E-state index contributed by atoms with van der Waals surface area (Å²) < 4.78 is 0. The van der Waals surface area contributed by atoms with Gasteiger partial charge in [0.2, 0.25) is 5.95 Å². The fraction of sp³-hybridized carbons (Fsp3) is 0.231. The molecule has 2 N–H and O–H groups in total. The van der Waals surface area contributed by atoms with Crippen LogP contribution in [0.15, 0.2) is 24.3 Å². The first-order valence-corrected chi connectivity index (χ1v) is 6.22. The number of thiocarbonyl (C=S) groups is 1. The summed E-state index contributed by atoms with van der Waals surface area (Å²) in [5, 5.41) is 8.18. The van der Waals surface area contributed by atoms with Crippen molar-refractivity contribution in [3.05, 3.63) is 41.2 Å². The summed E-state index contributed by atoms with van der Waals surface area (Å²) in [7, 11) is 1.86. The Morgan fingerprint density at radius 3 is 2.47 bits per heavy atom. The average Bonchev–Trinajstić information content (AvgIpc) is 2.41. The van der Waals surface area contributed by atoms with E-state index in [0.29, 0.717) is 10.9 Å². The van der Waals surface area contributed by atoms with Gasteiger partial charge in [0, 0.05) is 12.6 Å². The Hall–Kier alpha value is -2.08. The zero-order valence-corrected chi connectivity index (χ0v) is 11.9. The van der Waals surface area contributed by atoms with Crippen LogP contribution in [0.25, 0.3) is 0 Å². The fourth-order valence-electron chi connectivity index (χ4n) is 1.67. The molecule has 0 bridgehead atoms. The molecule has 1 aromatic heterocycles. The molecule has 0 aliphatic heterocycles. The van der Waals surface area contributed by atoms with Crippen molar-refractivity contribution in [1.82, 2.24) is 15.2 Å². The van der Waals surface area contributed by atoms with Crippen LogP contribution >= 0.6 is 12.2 Å². The molecular weight excluding hydrogens is 258 g/mol. The van der Waals surface area contributed by atoms with E-state index in [0.717, 1.165) is 22.6 Å². The Morgan fingerprint density at radius 2 is 1.84 bits per heavy atom. The normalized spacial score (nSPS) is 10.3. The molecule has 6 heteroatoms. The molecule has 19 heavy (non-hydrogen) atoms. The number of para-hydroxylation sites is 1. The van der Waals surface area contributed by atoms with E-state index in [1.807, 2.05) is 50.1 Å². The van der Waals surface area contributed by atoms with Gasteiger partial charge in [-0.1, -0.05) is 24.4 Å². The van der Waals surface area contributed by atoms with Gasteiger partial charge in [0.15, 0.2) is 0 Å². The number of nitrogens with two attached hydrogens (primary N) is 1. The minimum Gasteiger partial charge on any atom is -0.389 e. The predicted octanol–water partition coefficient (Wildman–Crippen LogP) is 1.89. The van der Waals surface area contributed by atoms with Gasteiger partial charge in [-0.05, 0) is 26.0 Å². The molecule has 0 aliphatic carbocycles. The van der Waals surface area contributed by atoms with Crippen LogP contribution in [0.3, 0.4) is 0 Å². The average molecular weight is 273 g/mol. The smallest absolute Gasteiger partial charge is 0.249 e. The van der Waals surface area contributed by atoms with E-state index in [2.05, 4.69) is 15.2 Å². The van der Waals surface area contributed by atoms with E-state index in [4.69, 9.17) is 18.0 Å². The SMILES string of the molecule is Cc1nnc(N(C)c2ccccc2C(N)=S)nc1C. The first-order chi connectivity index (χ1) is 9.00. The van der Waals surface area contributed by atoms with Crippen molar-refractivity contribution in [2.75, 3.05) is 11.9 Å². The molecule has 0 atom stereocenters. The molecule has 5 nitrogen and oxygen atoms in total. The van der Waals surface area contributed by atoms with Crippen LogP contribution in [0.2, 0.25) is 0 Å². The first-order valence-electron chi connectivity index (χ1n) is 5.81. The predicted molar refractivity (Wildman–Crippen MR) is 79.7 cm³/mol. The molecular formula is C13H15N5S. The van der Waals surface area contributed by atoms with Crippen LogP contribution in [0, 0.1) is 13.8 Å². The van der Waals surface area contributed by atoms with Crippen LogP contribution in [0.4, 0.5) is 11.6 Å². The summed E-state index contributed by atoms with van der Waals surface area (Å²) in [4.78, 5) is 6.59. The molecule has 0 unspecified atom stereocenters. The highest BCUT2D eigenvalue weighted by atomic mass is 32.1. The zero-order chi connectivity index (χ0) is 14.0. The van der Waals surface area contributed by atoms with Crippen LogP contribution in [0.1, 0.15) is 17.0 Å². The number of nitrogens with zero attached hydrogens (tertiary/aromatic N) is 4. The third-order valence-electron chi connectivity index (χ3n) is 2.91. The second kappa shape index (κ2) is 5.27. The van der Waals surface area contributed by atoms with E-state index in [1.165, 1.54) is 0 Å². The monoisotopic (exact) mass is 273 g/mol. The number of anilines is 2. The highest BCUT2D eigenvalue weighted by molar-refractivity contribution is 7.80. The van der Waals surface area contributed by atoms with Gasteiger partial charge < -0.3 is 10.6 Å². The Kier molecular flexibility index (Phi) is 3.71. The summed E-state index contributed by atoms with van der Waals surface area (Å²) in [6.45, 7) is 3.78. The summed E-state index contributed by atoms with van der Waals surface area (Å²) in [5.74, 6) is 0.520. The number of aromatic nitrogens is 3. The zero-order valence-electron chi connectivity index (χ0n) is 11.1. The Morgan fingerprint density at radius 1 is 1.16 bits per heavy atom. The largest absolute Gasteiger partial charge is 0.389 e. The van der Waals surface area contributed by atoms with Gasteiger partial charge in [0.1, 0.15) is 4.99 Å². The maximum absolute atomic E-state index is 5.73. The third kappa shape index (κ3) is 2.68. The van der Waals surface area contributed by atoms with E-state index < -0.39 is 0 Å². The van der Waals surface area contributed by atoms with Gasteiger partial charge in [-0.3, -0.25) is 0 Å². The number of hydrogen-bond donors (Lipinski definition) is 1. The molecule has 2 rings (SSSR count). The van der Waals surface area contributed by atoms with Crippen molar-refractivity contribution in [3.63, 3.8) is 0 Å². The van der Waals surface area contributed by atoms with Crippen LogP contribution < -0.4 is 10.6 Å². The molecule has 0 radical (unpaired) electrons. The van der Waals surface area contributed by atoms with Crippen LogP contribution in [0.5, 0.6) is 0 Å². The van der Waals surface area contributed by atoms with E-state index >= 15 is 0 Å². The Balaban J connectivity index is 2.46. The molecule has 1 heterocycles. The van der Waals surface area contributed by atoms with E-state index in [-0.39, 0.29) is 0 Å². The third-order valence-corrected chi connectivity index (χ3v) is 3.13. The molecule has 1 aromatic carbocycles. The van der Waals surface area contributed by atoms with E-state index in [1.54, 1.807) is 0 Å². The summed E-state index contributed by atoms with van der Waals surface area (Å²) in [6, 6.07) is 7.61. The summed E-state index contributed by atoms with van der Waals surface area (Å²) >= 11 is 5.06. The van der Waals surface area contributed by atoms with Gasteiger partial charge in [-0.15, -0.1) is 5.10 Å². The molecule has 0 saturated carbocycles. The minimum atomic E-state index is 0.347. The number of aryl methyl sites for hydroxylation is 2. The minimum absolute atomic E-state index is 0.347. The van der Waals surface area contributed by atoms with Gasteiger partial charge in [-0.2, -0.15) is 5.10 Å². The summed E-state index contributed by atoms with van der Waals surface area (Å²) in [6.07, 6.45) is 0. The van der Waals surface area contributed by atoms with Crippen molar-refractivity contribution >= 4 is 28.8 Å². The van der Waals surface area contributed by atoms with Gasteiger partial charge in [0.05, 0.1) is 17.1 Å². The van der Waals surface area contributed by atoms with E-state index in [9.17, 15) is 0 Å². The maximum atomic E-state index is 5.73. The molecule has 0 amide bonds. The van der Waals surface area contributed by atoms with Crippen molar-refractivity contribution in [2.24, 2.45) is 5.73 Å². The lowest BCUT2D eigenvalue weighted by molar-refractivity contribution is 0.871. The first kappa shape index (κ1) is 13.4. The number of hydrogen-bond acceptors (Lipinski definition) is 5. The standard InChI is InChI=1S/C13H15N5S/c1-8-9(2)16-17-13(15-8)18(3)11-7-5-4-6-10(11)12(14)19/h4-7H,1-3H3,(H2,14,19). The van der Waals surface area contributed by atoms with Crippen LogP contribution in [-0.2, 0) is 0 Å². The highest BCUT2D eigenvalue weighted by Gasteiger charge is 2.13. The van der Waals surface area contributed by atoms with Crippen molar-refractivity contribution in [3.8, 4) is 0 Å². The fourth-order valence-corrected chi connectivity index (χ4v) is 1.84. The molecule has 0 aliphatic rings. The van der Waals surface area contributed by atoms with Gasteiger partial charge >= 0.3 is 0 Å². The van der Waals surface area contributed by atoms with Gasteiger partial charge in [0.25, 0.3) is 0 Å². The number of rotatable bonds is 3. The van der Waals surface area contributed by atoms with Crippen molar-refractivity contribution in [1.29, 1.82) is 0 Å². The maximum Gasteiger partial charge on any atom is 0.249 e. The lowest BCUT2D eigenvalue weighted by Crippen LogP contribution is -2.20. The lowest BCUT2D eigenvalue weighted by atomic mass is 10.1. The molecule has 2 aromatic rings. The topological polar surface area (TPSA) is 67.9 Å². The second-order valence-electron chi connectivity index (χ2n) is 4.22. The molecule has 98 valence electrons. The quantitative estimate of drug-likeness (QED) is 0.861. The molecule has 0 spiro atoms. The second-order valence-corrected chi connectivity index (χ2v) is 4.66. The number of benzene rings is 1. The van der Waals surface area contributed by atoms with Gasteiger partial charge in [-0.25, -0.2) is 4.98 Å².